The van der Waals surface area contributed by atoms with Gasteiger partial charge in [-0.3, -0.25) is 9.10 Å². The van der Waals surface area contributed by atoms with Crippen molar-refractivity contribution in [2.24, 2.45) is 0 Å². The lowest BCUT2D eigenvalue weighted by atomic mass is 10.2. The van der Waals surface area contributed by atoms with Crippen LogP contribution in [0.3, 0.4) is 0 Å². The van der Waals surface area contributed by atoms with Gasteiger partial charge in [0.2, 0.25) is 15.9 Å². The van der Waals surface area contributed by atoms with Crippen LogP contribution in [0.15, 0.2) is 42.5 Å². The third kappa shape index (κ3) is 4.90. The van der Waals surface area contributed by atoms with E-state index < -0.39 is 15.8 Å². The molecule has 0 atom stereocenters. The molecule has 1 N–H and O–H groups in total. The number of halogens is 2. The summed E-state index contributed by atoms with van der Waals surface area (Å²) in [6.07, 6.45) is 0.514. The highest BCUT2D eigenvalue weighted by Gasteiger charge is 2.30. The van der Waals surface area contributed by atoms with Crippen molar-refractivity contribution in [3.63, 3.8) is 0 Å². The molecule has 0 saturated carbocycles. The summed E-state index contributed by atoms with van der Waals surface area (Å²) in [7, 11) is -3.51. The summed E-state index contributed by atoms with van der Waals surface area (Å²) in [5.41, 5.74) is 0.265. The number of hydrogen-bond donors (Lipinski definition) is 1. The molecular weight excluding hydrogens is 395 g/mol. The number of rotatable bonds is 6. The number of ether oxygens (including phenoxy) is 1. The Morgan fingerprint density at radius 2 is 2.07 bits per heavy atom. The summed E-state index contributed by atoms with van der Waals surface area (Å²) >= 11 is 5.86. The normalized spacial score (nSPS) is 15.6. The van der Waals surface area contributed by atoms with Gasteiger partial charge in [0, 0.05) is 17.3 Å². The lowest BCUT2D eigenvalue weighted by molar-refractivity contribution is -0.116. The maximum absolute atomic E-state index is 14.1. The van der Waals surface area contributed by atoms with Gasteiger partial charge in [0.05, 0.1) is 24.5 Å². The maximum Gasteiger partial charge on any atom is 0.235 e. The van der Waals surface area contributed by atoms with E-state index in [4.69, 9.17) is 16.3 Å². The highest BCUT2D eigenvalue weighted by Crippen LogP contribution is 2.29. The molecule has 6 nitrogen and oxygen atoms in total. The van der Waals surface area contributed by atoms with Crippen LogP contribution in [0.4, 0.5) is 15.8 Å². The minimum absolute atomic E-state index is 0.0101. The Labute approximate surface area is 161 Å². The Hall–Kier alpha value is -2.32. The van der Waals surface area contributed by atoms with Gasteiger partial charge in [0.25, 0.3) is 0 Å². The lowest BCUT2D eigenvalue weighted by Gasteiger charge is -2.18. The van der Waals surface area contributed by atoms with E-state index >= 15 is 0 Å². The van der Waals surface area contributed by atoms with Crippen molar-refractivity contribution < 1.29 is 22.3 Å². The van der Waals surface area contributed by atoms with Gasteiger partial charge < -0.3 is 10.1 Å². The van der Waals surface area contributed by atoms with E-state index in [0.717, 1.165) is 10.4 Å². The van der Waals surface area contributed by atoms with Crippen molar-refractivity contribution in [3.05, 3.63) is 53.3 Å². The second kappa shape index (κ2) is 8.14. The van der Waals surface area contributed by atoms with Crippen LogP contribution in [0.25, 0.3) is 0 Å². The van der Waals surface area contributed by atoms with Crippen LogP contribution in [0.5, 0.6) is 5.75 Å². The molecule has 0 aliphatic carbocycles. The third-order valence-corrected chi connectivity index (χ3v) is 6.08. The van der Waals surface area contributed by atoms with Gasteiger partial charge >= 0.3 is 0 Å². The predicted molar refractivity (Wildman–Crippen MR) is 102 cm³/mol. The molecule has 2 aromatic rings. The monoisotopic (exact) mass is 412 g/mol. The Kier molecular flexibility index (Phi) is 5.86. The lowest BCUT2D eigenvalue weighted by Crippen LogP contribution is -2.26. The van der Waals surface area contributed by atoms with Gasteiger partial charge in [-0.2, -0.15) is 0 Å². The van der Waals surface area contributed by atoms with Crippen LogP contribution < -0.4 is 14.4 Å². The summed E-state index contributed by atoms with van der Waals surface area (Å²) in [5.74, 6) is -0.440. The Morgan fingerprint density at radius 1 is 1.26 bits per heavy atom. The predicted octanol–water partition coefficient (Wildman–Crippen LogP) is 3.43. The summed E-state index contributed by atoms with van der Waals surface area (Å²) < 4.78 is 44.6. The first kappa shape index (κ1) is 19.4. The van der Waals surface area contributed by atoms with Crippen molar-refractivity contribution >= 4 is 38.9 Å². The van der Waals surface area contributed by atoms with Gasteiger partial charge in [-0.15, -0.1) is 0 Å². The zero-order valence-corrected chi connectivity index (χ0v) is 15.9. The number of carbonyl (C=O) groups is 1. The highest BCUT2D eigenvalue weighted by atomic mass is 35.5. The SMILES string of the molecule is O=C(CCOc1cccc(Cl)c1)Nc1ccc(F)c(N2CCCS2(=O)=O)c1. The molecule has 0 aromatic heterocycles. The molecular formula is C18H18ClFN2O4S. The highest BCUT2D eigenvalue weighted by molar-refractivity contribution is 7.93. The van der Waals surface area contributed by atoms with E-state index in [1.54, 1.807) is 24.3 Å². The Bertz CT molecular complexity index is 952. The largest absolute Gasteiger partial charge is 0.493 e. The number of sulfonamides is 1. The van der Waals surface area contributed by atoms with Crippen LogP contribution in [-0.4, -0.2) is 33.2 Å². The second-order valence-corrected chi connectivity index (χ2v) is 8.46. The van der Waals surface area contributed by atoms with Gasteiger partial charge in [0.15, 0.2) is 0 Å². The van der Waals surface area contributed by atoms with E-state index in [9.17, 15) is 17.6 Å². The van der Waals surface area contributed by atoms with E-state index in [0.29, 0.717) is 22.9 Å². The van der Waals surface area contributed by atoms with E-state index in [2.05, 4.69) is 5.32 Å². The number of benzene rings is 2. The Morgan fingerprint density at radius 3 is 2.78 bits per heavy atom. The average Bonchev–Trinajstić information content (AvgIpc) is 2.96. The zero-order chi connectivity index (χ0) is 19.4. The fraction of sp³-hybridized carbons (Fsp3) is 0.278. The topological polar surface area (TPSA) is 75.7 Å². The fourth-order valence-electron chi connectivity index (χ4n) is 2.73. The standard InChI is InChI=1S/C18H18ClFN2O4S/c19-13-3-1-4-15(11-13)26-9-7-18(23)21-14-5-6-16(20)17(12-14)22-8-2-10-27(22,24)25/h1,3-6,11-12H,2,7-10H2,(H,21,23). The molecule has 2 aromatic carbocycles. The number of carbonyl (C=O) groups excluding carboxylic acids is 1. The summed E-state index contributed by atoms with van der Waals surface area (Å²) in [6, 6.07) is 10.7. The van der Waals surface area contributed by atoms with E-state index in [-0.39, 0.29) is 36.9 Å². The second-order valence-electron chi connectivity index (χ2n) is 6.01. The number of anilines is 2. The van der Waals surface area contributed by atoms with E-state index in [1.807, 2.05) is 0 Å². The third-order valence-electron chi connectivity index (χ3n) is 3.99. The van der Waals surface area contributed by atoms with Crippen molar-refractivity contribution in [2.45, 2.75) is 12.8 Å². The molecule has 1 heterocycles. The van der Waals surface area contributed by atoms with Crippen molar-refractivity contribution in [1.82, 2.24) is 0 Å². The van der Waals surface area contributed by atoms with Crippen molar-refractivity contribution in [1.29, 1.82) is 0 Å². The molecule has 1 aliphatic heterocycles. The molecule has 1 aliphatic rings. The average molecular weight is 413 g/mol. The first-order valence-corrected chi connectivity index (χ1v) is 10.3. The van der Waals surface area contributed by atoms with Gasteiger partial charge in [-0.05, 0) is 42.8 Å². The molecule has 9 heteroatoms. The summed E-state index contributed by atoms with van der Waals surface area (Å²) in [4.78, 5) is 12.1. The van der Waals surface area contributed by atoms with Crippen molar-refractivity contribution in [3.8, 4) is 5.75 Å². The van der Waals surface area contributed by atoms with Crippen LogP contribution in [0, 0.1) is 5.82 Å². The molecule has 144 valence electrons. The van der Waals surface area contributed by atoms with Gasteiger partial charge in [-0.1, -0.05) is 17.7 Å². The number of nitrogens with one attached hydrogen (secondary N) is 1. The maximum atomic E-state index is 14.1. The smallest absolute Gasteiger partial charge is 0.235 e. The Balaban J connectivity index is 1.60. The summed E-state index contributed by atoms with van der Waals surface area (Å²) in [5, 5.41) is 3.16. The number of nitrogens with zero attached hydrogens (tertiary/aromatic N) is 1. The molecule has 1 fully saturated rings. The van der Waals surface area contributed by atoms with Crippen LogP contribution in [-0.2, 0) is 14.8 Å². The number of amides is 1. The van der Waals surface area contributed by atoms with Crippen LogP contribution >= 0.6 is 11.6 Å². The van der Waals surface area contributed by atoms with Gasteiger partial charge in [-0.25, -0.2) is 12.8 Å². The molecule has 3 rings (SSSR count). The minimum atomic E-state index is -3.51. The minimum Gasteiger partial charge on any atom is -0.493 e. The van der Waals surface area contributed by atoms with Crippen LogP contribution in [0.1, 0.15) is 12.8 Å². The molecule has 1 amide bonds. The molecule has 0 spiro atoms. The first-order valence-electron chi connectivity index (χ1n) is 8.33. The van der Waals surface area contributed by atoms with Gasteiger partial charge in [0.1, 0.15) is 11.6 Å². The first-order chi connectivity index (χ1) is 12.8. The van der Waals surface area contributed by atoms with Crippen LogP contribution in [0.2, 0.25) is 5.02 Å². The zero-order valence-electron chi connectivity index (χ0n) is 14.3. The molecule has 1 saturated heterocycles. The summed E-state index contributed by atoms with van der Waals surface area (Å²) in [6.45, 7) is 0.366. The number of hydrogen-bond acceptors (Lipinski definition) is 4. The molecule has 0 bridgehead atoms. The fourth-order valence-corrected chi connectivity index (χ4v) is 4.47. The quantitative estimate of drug-likeness (QED) is 0.788. The van der Waals surface area contributed by atoms with E-state index in [1.165, 1.54) is 12.1 Å². The molecule has 27 heavy (non-hydrogen) atoms. The molecule has 0 radical (unpaired) electrons. The van der Waals surface area contributed by atoms with Crippen molar-refractivity contribution in [2.75, 3.05) is 28.5 Å². The molecule has 0 unspecified atom stereocenters.